The van der Waals surface area contributed by atoms with Crippen LogP contribution in [0.3, 0.4) is 0 Å². The minimum absolute atomic E-state index is 0.0753. The summed E-state index contributed by atoms with van der Waals surface area (Å²) in [5.74, 6) is 0.839. The molecule has 8 heteroatoms. The average Bonchev–Trinajstić information content (AvgIpc) is 2.57. The molecule has 132 valence electrons. The van der Waals surface area contributed by atoms with Gasteiger partial charge in [0.2, 0.25) is 5.91 Å². The number of benzene rings is 2. The quantitative estimate of drug-likeness (QED) is 0.520. The molecular formula is C17H17BrN2O4S. The van der Waals surface area contributed by atoms with E-state index in [1.807, 2.05) is 25.1 Å². The van der Waals surface area contributed by atoms with E-state index >= 15 is 0 Å². The number of carbonyl (C=O) groups is 1. The topological polar surface area (TPSA) is 81.5 Å². The van der Waals surface area contributed by atoms with E-state index in [2.05, 4.69) is 21.2 Å². The zero-order chi connectivity index (χ0) is 18.4. The van der Waals surface area contributed by atoms with Crippen molar-refractivity contribution in [3.63, 3.8) is 0 Å². The first-order chi connectivity index (χ1) is 11.9. The third kappa shape index (κ3) is 5.47. The number of nitro benzene ring substituents is 1. The minimum atomic E-state index is -0.478. The molecule has 1 amide bonds. The van der Waals surface area contributed by atoms with Gasteiger partial charge in [0.15, 0.2) is 5.75 Å². The molecule has 0 aliphatic heterocycles. The Labute approximate surface area is 158 Å². The van der Waals surface area contributed by atoms with Crippen LogP contribution in [-0.4, -0.2) is 23.7 Å². The van der Waals surface area contributed by atoms with Gasteiger partial charge in [0.05, 0.1) is 23.5 Å². The molecular weight excluding hydrogens is 408 g/mol. The first-order valence-electron chi connectivity index (χ1n) is 7.35. The fourth-order valence-corrected chi connectivity index (χ4v) is 3.50. The molecule has 0 saturated carbocycles. The number of methoxy groups -OCH3 is 1. The summed E-state index contributed by atoms with van der Waals surface area (Å²) in [6.45, 7) is 1.97. The predicted octanol–water partition coefficient (Wildman–Crippen LogP) is 4.55. The molecule has 2 aromatic rings. The van der Waals surface area contributed by atoms with E-state index in [1.54, 1.807) is 12.1 Å². The van der Waals surface area contributed by atoms with Crippen molar-refractivity contribution in [3.05, 3.63) is 62.1 Å². The molecule has 0 bridgehead atoms. The number of carbonyl (C=O) groups excluding carboxylic acids is 1. The number of halogens is 1. The van der Waals surface area contributed by atoms with E-state index in [9.17, 15) is 14.9 Å². The Morgan fingerprint density at radius 3 is 2.72 bits per heavy atom. The number of hydrogen-bond donors (Lipinski definition) is 1. The summed E-state index contributed by atoms with van der Waals surface area (Å²) in [5.41, 5.74) is 2.51. The van der Waals surface area contributed by atoms with Gasteiger partial charge >= 0.3 is 5.69 Å². The Balaban J connectivity index is 1.91. The van der Waals surface area contributed by atoms with Crippen LogP contribution < -0.4 is 10.1 Å². The maximum Gasteiger partial charge on any atom is 0.311 e. The molecule has 0 atom stereocenters. The number of amides is 1. The maximum absolute atomic E-state index is 12.0. The summed E-state index contributed by atoms with van der Waals surface area (Å²) >= 11 is 4.80. The summed E-state index contributed by atoms with van der Waals surface area (Å²) in [5, 5.41) is 13.9. The van der Waals surface area contributed by atoms with Crippen LogP contribution in [0.4, 0.5) is 11.4 Å². The third-order valence-corrected chi connectivity index (χ3v) is 5.00. The Kier molecular flexibility index (Phi) is 6.83. The smallest absolute Gasteiger partial charge is 0.311 e. The zero-order valence-electron chi connectivity index (χ0n) is 13.7. The first kappa shape index (κ1) is 19.3. The summed E-state index contributed by atoms with van der Waals surface area (Å²) in [7, 11) is 1.39. The average molecular weight is 425 g/mol. The lowest BCUT2D eigenvalue weighted by molar-refractivity contribution is -0.385. The Hall–Kier alpha value is -2.06. The van der Waals surface area contributed by atoms with Crippen molar-refractivity contribution in [2.24, 2.45) is 0 Å². The molecule has 0 unspecified atom stereocenters. The Bertz CT molecular complexity index is 798. The fourth-order valence-electron chi connectivity index (χ4n) is 2.14. The van der Waals surface area contributed by atoms with Crippen molar-refractivity contribution in [1.29, 1.82) is 0 Å². The molecule has 0 heterocycles. The van der Waals surface area contributed by atoms with Crippen LogP contribution in [0.2, 0.25) is 0 Å². The molecule has 0 aromatic heterocycles. The van der Waals surface area contributed by atoms with E-state index in [1.165, 1.54) is 24.9 Å². The van der Waals surface area contributed by atoms with Crippen LogP contribution in [0.15, 0.2) is 40.9 Å². The molecule has 2 aromatic carbocycles. The lowest BCUT2D eigenvalue weighted by Crippen LogP contribution is -2.14. The van der Waals surface area contributed by atoms with Crippen LogP contribution >= 0.6 is 27.7 Å². The third-order valence-electron chi connectivity index (χ3n) is 3.34. The van der Waals surface area contributed by atoms with Crippen LogP contribution in [-0.2, 0) is 10.5 Å². The van der Waals surface area contributed by atoms with Gasteiger partial charge in [0.25, 0.3) is 0 Å². The molecule has 0 aliphatic rings. The van der Waals surface area contributed by atoms with Gasteiger partial charge in [-0.3, -0.25) is 14.9 Å². The predicted molar refractivity (Wildman–Crippen MR) is 103 cm³/mol. The van der Waals surface area contributed by atoms with Crippen molar-refractivity contribution in [1.82, 2.24) is 0 Å². The van der Waals surface area contributed by atoms with E-state index < -0.39 is 4.92 Å². The molecule has 25 heavy (non-hydrogen) atoms. The minimum Gasteiger partial charge on any atom is -0.490 e. The number of aryl methyl sites for hydroxylation is 1. The number of anilines is 1. The maximum atomic E-state index is 12.0. The number of ether oxygens (including phenoxy) is 1. The van der Waals surface area contributed by atoms with Crippen molar-refractivity contribution in [3.8, 4) is 5.75 Å². The summed E-state index contributed by atoms with van der Waals surface area (Å²) in [4.78, 5) is 22.6. The van der Waals surface area contributed by atoms with E-state index in [0.717, 1.165) is 21.3 Å². The zero-order valence-corrected chi connectivity index (χ0v) is 16.1. The standard InChI is InChI=1S/C17H17BrN2O4S/c1-11-3-5-14(13(18)7-11)19-17(21)10-25-9-12-4-6-16(24-2)15(8-12)20(22)23/h3-8H,9-10H2,1-2H3,(H,19,21). The van der Waals surface area contributed by atoms with E-state index in [0.29, 0.717) is 5.75 Å². The van der Waals surface area contributed by atoms with Gasteiger partial charge in [0.1, 0.15) is 0 Å². The normalized spacial score (nSPS) is 10.4. The molecule has 1 N–H and O–H groups in total. The van der Waals surface area contributed by atoms with Crippen molar-refractivity contribution in [2.45, 2.75) is 12.7 Å². The molecule has 0 fully saturated rings. The molecule has 0 aliphatic carbocycles. The van der Waals surface area contributed by atoms with Crippen molar-refractivity contribution >= 4 is 45.0 Å². The number of nitrogens with one attached hydrogen (secondary N) is 1. The Morgan fingerprint density at radius 1 is 1.32 bits per heavy atom. The highest BCUT2D eigenvalue weighted by Crippen LogP contribution is 2.29. The van der Waals surface area contributed by atoms with Crippen LogP contribution in [0.1, 0.15) is 11.1 Å². The van der Waals surface area contributed by atoms with E-state index in [4.69, 9.17) is 4.74 Å². The molecule has 2 rings (SSSR count). The van der Waals surface area contributed by atoms with Crippen LogP contribution in [0.25, 0.3) is 0 Å². The summed E-state index contributed by atoms with van der Waals surface area (Å²) < 4.78 is 5.80. The van der Waals surface area contributed by atoms with Gasteiger partial charge in [0, 0.05) is 16.3 Å². The second kappa shape index (κ2) is 8.87. The highest BCUT2D eigenvalue weighted by molar-refractivity contribution is 9.10. The number of rotatable bonds is 7. The Morgan fingerprint density at radius 2 is 2.08 bits per heavy atom. The molecule has 6 nitrogen and oxygen atoms in total. The summed E-state index contributed by atoms with van der Waals surface area (Å²) in [6.07, 6.45) is 0. The fraction of sp³-hybridized carbons (Fsp3) is 0.235. The molecule has 0 radical (unpaired) electrons. The number of hydrogen-bond acceptors (Lipinski definition) is 5. The van der Waals surface area contributed by atoms with Crippen molar-refractivity contribution < 1.29 is 14.5 Å². The molecule has 0 spiro atoms. The highest BCUT2D eigenvalue weighted by atomic mass is 79.9. The van der Waals surface area contributed by atoms with Gasteiger partial charge in [-0.1, -0.05) is 12.1 Å². The second-order valence-electron chi connectivity index (χ2n) is 5.29. The van der Waals surface area contributed by atoms with Gasteiger partial charge in [-0.15, -0.1) is 11.8 Å². The number of nitro groups is 1. The monoisotopic (exact) mass is 424 g/mol. The SMILES string of the molecule is COc1ccc(CSCC(=O)Nc2ccc(C)cc2Br)cc1[N+](=O)[O-]. The number of thioether (sulfide) groups is 1. The lowest BCUT2D eigenvalue weighted by Gasteiger charge is -2.08. The molecule has 0 saturated heterocycles. The van der Waals surface area contributed by atoms with Gasteiger partial charge < -0.3 is 10.1 Å². The highest BCUT2D eigenvalue weighted by Gasteiger charge is 2.15. The van der Waals surface area contributed by atoms with E-state index in [-0.39, 0.29) is 23.1 Å². The summed E-state index contributed by atoms with van der Waals surface area (Å²) in [6, 6.07) is 10.5. The van der Waals surface area contributed by atoms with Crippen molar-refractivity contribution in [2.75, 3.05) is 18.2 Å². The largest absolute Gasteiger partial charge is 0.490 e. The van der Waals surface area contributed by atoms with Gasteiger partial charge in [-0.25, -0.2) is 0 Å². The first-order valence-corrected chi connectivity index (χ1v) is 9.30. The number of nitrogens with zero attached hydrogens (tertiary/aromatic N) is 1. The van der Waals surface area contributed by atoms with Gasteiger partial charge in [-0.2, -0.15) is 0 Å². The lowest BCUT2D eigenvalue weighted by atomic mass is 10.2. The second-order valence-corrected chi connectivity index (χ2v) is 7.13. The van der Waals surface area contributed by atoms with Crippen LogP contribution in [0.5, 0.6) is 5.75 Å². The van der Waals surface area contributed by atoms with Crippen LogP contribution in [0, 0.1) is 17.0 Å². The van der Waals surface area contributed by atoms with Gasteiger partial charge in [-0.05, 0) is 52.2 Å².